The maximum atomic E-state index is 12.3. The van der Waals surface area contributed by atoms with Crippen molar-refractivity contribution in [2.45, 2.75) is 12.8 Å². The SMILES string of the molecule is C[C@H](CN(C)C(=O)c1ccccc1)c1ccc(Cl)c(Cl)c1. The highest BCUT2D eigenvalue weighted by atomic mass is 35.5. The van der Waals surface area contributed by atoms with Crippen LogP contribution in [0.3, 0.4) is 0 Å². The second-order valence-electron chi connectivity index (χ2n) is 5.13. The second-order valence-corrected chi connectivity index (χ2v) is 5.94. The Morgan fingerprint density at radius 1 is 1.10 bits per heavy atom. The van der Waals surface area contributed by atoms with Crippen LogP contribution in [0, 0.1) is 0 Å². The van der Waals surface area contributed by atoms with Crippen LogP contribution in [0.1, 0.15) is 28.8 Å². The summed E-state index contributed by atoms with van der Waals surface area (Å²) in [5.41, 5.74) is 1.76. The number of amides is 1. The van der Waals surface area contributed by atoms with Crippen molar-refractivity contribution in [3.63, 3.8) is 0 Å². The van der Waals surface area contributed by atoms with Crippen LogP contribution in [0.25, 0.3) is 0 Å². The Morgan fingerprint density at radius 2 is 1.76 bits per heavy atom. The van der Waals surface area contributed by atoms with E-state index in [0.29, 0.717) is 22.2 Å². The molecule has 0 aromatic heterocycles. The fourth-order valence-corrected chi connectivity index (χ4v) is 2.53. The number of halogens is 2. The number of rotatable bonds is 4. The van der Waals surface area contributed by atoms with Gasteiger partial charge in [0, 0.05) is 19.2 Å². The van der Waals surface area contributed by atoms with Gasteiger partial charge in [-0.2, -0.15) is 0 Å². The monoisotopic (exact) mass is 321 g/mol. The van der Waals surface area contributed by atoms with Crippen LogP contribution >= 0.6 is 23.2 Å². The zero-order chi connectivity index (χ0) is 15.4. The minimum absolute atomic E-state index is 0.0162. The summed E-state index contributed by atoms with van der Waals surface area (Å²) in [7, 11) is 1.81. The highest BCUT2D eigenvalue weighted by Gasteiger charge is 2.15. The van der Waals surface area contributed by atoms with Gasteiger partial charge in [-0.3, -0.25) is 4.79 Å². The summed E-state index contributed by atoms with van der Waals surface area (Å²) in [4.78, 5) is 14.0. The zero-order valence-electron chi connectivity index (χ0n) is 12.0. The molecule has 21 heavy (non-hydrogen) atoms. The summed E-state index contributed by atoms with van der Waals surface area (Å²) in [6, 6.07) is 14.9. The van der Waals surface area contributed by atoms with Crippen molar-refractivity contribution in [1.29, 1.82) is 0 Å². The zero-order valence-corrected chi connectivity index (χ0v) is 13.5. The fraction of sp³-hybridized carbons (Fsp3) is 0.235. The third-order valence-corrected chi connectivity index (χ3v) is 4.17. The van der Waals surface area contributed by atoms with Gasteiger partial charge in [-0.25, -0.2) is 0 Å². The van der Waals surface area contributed by atoms with Gasteiger partial charge >= 0.3 is 0 Å². The van der Waals surface area contributed by atoms with Gasteiger partial charge < -0.3 is 4.90 Å². The predicted octanol–water partition coefficient (Wildman–Crippen LogP) is 4.87. The molecule has 2 nitrogen and oxygen atoms in total. The molecule has 110 valence electrons. The van der Waals surface area contributed by atoms with Gasteiger partial charge in [0.25, 0.3) is 5.91 Å². The van der Waals surface area contributed by atoms with Crippen LogP contribution in [0.15, 0.2) is 48.5 Å². The average molecular weight is 322 g/mol. The van der Waals surface area contributed by atoms with Crippen LogP contribution in [0.5, 0.6) is 0 Å². The van der Waals surface area contributed by atoms with Crippen LogP contribution < -0.4 is 0 Å². The Balaban J connectivity index is 2.06. The first-order valence-electron chi connectivity index (χ1n) is 6.74. The Labute approximate surface area is 135 Å². The molecule has 0 N–H and O–H groups in total. The smallest absolute Gasteiger partial charge is 0.253 e. The summed E-state index contributed by atoms with van der Waals surface area (Å²) in [6.07, 6.45) is 0. The number of benzene rings is 2. The third-order valence-electron chi connectivity index (χ3n) is 3.43. The van der Waals surface area contributed by atoms with Gasteiger partial charge in [0.2, 0.25) is 0 Å². The van der Waals surface area contributed by atoms with Gasteiger partial charge in [-0.05, 0) is 35.7 Å². The van der Waals surface area contributed by atoms with E-state index in [1.54, 1.807) is 11.0 Å². The average Bonchev–Trinajstić information content (AvgIpc) is 2.50. The number of carbonyl (C=O) groups is 1. The Morgan fingerprint density at radius 3 is 2.38 bits per heavy atom. The molecule has 2 aromatic rings. The first kappa shape index (κ1) is 15.9. The molecule has 0 aliphatic rings. The molecule has 0 bridgehead atoms. The van der Waals surface area contributed by atoms with E-state index in [2.05, 4.69) is 6.92 Å². The van der Waals surface area contributed by atoms with E-state index in [9.17, 15) is 4.79 Å². The third kappa shape index (κ3) is 3.99. The molecule has 0 saturated heterocycles. The van der Waals surface area contributed by atoms with Crippen molar-refractivity contribution in [1.82, 2.24) is 4.90 Å². The van der Waals surface area contributed by atoms with Crippen molar-refractivity contribution >= 4 is 29.1 Å². The lowest BCUT2D eigenvalue weighted by Crippen LogP contribution is -2.30. The van der Waals surface area contributed by atoms with E-state index in [1.807, 2.05) is 49.5 Å². The Kier molecular flexibility index (Phi) is 5.27. The second kappa shape index (κ2) is 6.97. The van der Waals surface area contributed by atoms with Crippen molar-refractivity contribution in [2.24, 2.45) is 0 Å². The van der Waals surface area contributed by atoms with Gasteiger partial charge in [0.15, 0.2) is 0 Å². The van der Waals surface area contributed by atoms with Crippen molar-refractivity contribution < 1.29 is 4.79 Å². The molecular formula is C17H17Cl2NO. The molecule has 0 unspecified atom stereocenters. The first-order valence-corrected chi connectivity index (χ1v) is 7.50. The Hall–Kier alpha value is -1.51. The predicted molar refractivity (Wildman–Crippen MR) is 88.3 cm³/mol. The molecule has 0 saturated carbocycles. The van der Waals surface area contributed by atoms with Crippen LogP contribution in [-0.4, -0.2) is 24.4 Å². The molecule has 1 amide bonds. The van der Waals surface area contributed by atoms with Gasteiger partial charge in [0.1, 0.15) is 0 Å². The molecule has 0 spiro atoms. The normalized spacial score (nSPS) is 12.0. The summed E-state index contributed by atoms with van der Waals surface area (Å²) in [5, 5.41) is 1.08. The molecular weight excluding hydrogens is 305 g/mol. The maximum Gasteiger partial charge on any atom is 0.253 e. The van der Waals surface area contributed by atoms with E-state index >= 15 is 0 Å². The summed E-state index contributed by atoms with van der Waals surface area (Å²) < 4.78 is 0. The summed E-state index contributed by atoms with van der Waals surface area (Å²) in [6.45, 7) is 2.68. The molecule has 0 aliphatic carbocycles. The van der Waals surface area contributed by atoms with E-state index in [4.69, 9.17) is 23.2 Å². The highest BCUT2D eigenvalue weighted by Crippen LogP contribution is 2.26. The molecule has 0 heterocycles. The lowest BCUT2D eigenvalue weighted by molar-refractivity contribution is 0.0788. The largest absolute Gasteiger partial charge is 0.341 e. The van der Waals surface area contributed by atoms with Crippen LogP contribution in [0.2, 0.25) is 10.0 Å². The van der Waals surface area contributed by atoms with Gasteiger partial charge in [-0.1, -0.05) is 54.4 Å². The Bertz CT molecular complexity index is 628. The number of carbonyl (C=O) groups excluding carboxylic acids is 1. The minimum Gasteiger partial charge on any atom is -0.341 e. The van der Waals surface area contributed by atoms with E-state index < -0.39 is 0 Å². The first-order chi connectivity index (χ1) is 9.99. The van der Waals surface area contributed by atoms with Crippen molar-refractivity contribution in [2.75, 3.05) is 13.6 Å². The molecule has 0 fully saturated rings. The number of hydrogen-bond donors (Lipinski definition) is 0. The summed E-state index contributed by atoms with van der Waals surface area (Å²) >= 11 is 12.0. The molecule has 0 aliphatic heterocycles. The number of nitrogens with zero attached hydrogens (tertiary/aromatic N) is 1. The molecule has 1 atom stereocenters. The lowest BCUT2D eigenvalue weighted by atomic mass is 10.0. The standard InChI is InChI=1S/C17H17Cl2NO/c1-12(14-8-9-15(18)16(19)10-14)11-20(2)17(21)13-6-4-3-5-7-13/h3-10,12H,11H2,1-2H3/t12-/m1/s1. The molecule has 0 radical (unpaired) electrons. The van der Waals surface area contributed by atoms with E-state index in [1.165, 1.54) is 0 Å². The van der Waals surface area contributed by atoms with E-state index in [-0.39, 0.29) is 11.8 Å². The topological polar surface area (TPSA) is 20.3 Å². The molecule has 4 heteroatoms. The number of likely N-dealkylation sites (N-methyl/N-ethyl adjacent to an activating group) is 1. The number of hydrogen-bond acceptors (Lipinski definition) is 1. The maximum absolute atomic E-state index is 12.3. The van der Waals surface area contributed by atoms with Gasteiger partial charge in [-0.15, -0.1) is 0 Å². The van der Waals surface area contributed by atoms with Crippen molar-refractivity contribution in [3.05, 3.63) is 69.7 Å². The van der Waals surface area contributed by atoms with Crippen LogP contribution in [-0.2, 0) is 0 Å². The summed E-state index contributed by atoms with van der Waals surface area (Å²) in [5.74, 6) is 0.194. The van der Waals surface area contributed by atoms with E-state index in [0.717, 1.165) is 5.56 Å². The highest BCUT2D eigenvalue weighted by molar-refractivity contribution is 6.42. The van der Waals surface area contributed by atoms with Crippen molar-refractivity contribution in [3.8, 4) is 0 Å². The molecule has 2 rings (SSSR count). The lowest BCUT2D eigenvalue weighted by Gasteiger charge is -2.22. The van der Waals surface area contributed by atoms with Gasteiger partial charge in [0.05, 0.1) is 10.0 Å². The quantitative estimate of drug-likeness (QED) is 0.786. The van der Waals surface area contributed by atoms with Crippen LogP contribution in [0.4, 0.5) is 0 Å². The fourth-order valence-electron chi connectivity index (χ4n) is 2.22. The molecule has 2 aromatic carbocycles. The minimum atomic E-state index is 0.0162.